The Hall–Kier alpha value is -5.12. The van der Waals surface area contributed by atoms with Crippen molar-refractivity contribution in [3.05, 3.63) is 99.8 Å². The van der Waals surface area contributed by atoms with Crippen LogP contribution in [0.15, 0.2) is 60.9 Å². The van der Waals surface area contributed by atoms with Crippen LogP contribution in [0.4, 0.5) is 4.79 Å². The van der Waals surface area contributed by atoms with Gasteiger partial charge in [-0.3, -0.25) is 14.4 Å². The van der Waals surface area contributed by atoms with Gasteiger partial charge in [-0.05, 0) is 24.6 Å². The predicted molar refractivity (Wildman–Crippen MR) is 176 cm³/mol. The first-order valence-electron chi connectivity index (χ1n) is 16.2. The zero-order valence-electron chi connectivity index (χ0n) is 27.7. The lowest BCUT2D eigenvalue weighted by atomic mass is 9.71. The Balaban J connectivity index is 1.31. The molecule has 6 rings (SSSR count). The smallest absolute Gasteiger partial charge is 0.507 e. The molecule has 0 aromatic heterocycles. The maximum Gasteiger partial charge on any atom is 0.513 e. The summed E-state index contributed by atoms with van der Waals surface area (Å²) in [6.07, 6.45) is -4.64. The van der Waals surface area contributed by atoms with E-state index in [1.807, 2.05) is 6.07 Å². The van der Waals surface area contributed by atoms with Gasteiger partial charge in [0.2, 0.25) is 5.78 Å². The molecule has 3 aromatic rings. The molecule has 0 bridgehead atoms. The average Bonchev–Trinajstić information content (AvgIpc) is 3.11. The number of phenolic OH excluding ortho intramolecular Hbond substituents is 2. The molecule has 268 valence electrons. The summed E-state index contributed by atoms with van der Waals surface area (Å²) >= 11 is 0. The Labute approximate surface area is 292 Å². The second-order valence-corrected chi connectivity index (χ2v) is 12.7. The lowest BCUT2D eigenvalue weighted by molar-refractivity contribution is -0.247. The van der Waals surface area contributed by atoms with Crippen LogP contribution in [0.25, 0.3) is 0 Å². The highest BCUT2D eigenvalue weighted by Gasteiger charge is 2.50. The highest BCUT2D eigenvalue weighted by molar-refractivity contribution is 6.31. The standard InChI is InChI=1S/C37H37NO13/c1-18-31(40)22(38)14-26(50-18)51-24-16-37(46,25(39)12-7-13-48-36(45)49-17-19-8-4-3-5-9-19)15-21-28(24)35(44)30-29(33(21)42)32(41)20-10-6-11-23(47-2)27(20)34(30)43/h3-11,13,18,22,24,26,31,40,42,44,46H,12,14-17,38H2,1-2H3/b13-7+/t18-,22-,24-,26-,31+,37-/m0/s1. The fraction of sp³-hybridized carbons (Fsp3) is 0.351. The number of phenols is 2. The zero-order chi connectivity index (χ0) is 36.6. The Bertz CT molecular complexity index is 1900. The van der Waals surface area contributed by atoms with Crippen LogP contribution < -0.4 is 10.5 Å². The second kappa shape index (κ2) is 14.2. The number of carbonyl (C=O) groups excluding carboxylic acids is 4. The number of aliphatic hydroxyl groups is 2. The number of aromatic hydroxyl groups is 2. The molecule has 6 N–H and O–H groups in total. The van der Waals surface area contributed by atoms with E-state index in [1.165, 1.54) is 31.4 Å². The third-order valence-electron chi connectivity index (χ3n) is 9.42. The Morgan fingerprint density at radius 1 is 1.02 bits per heavy atom. The molecule has 3 aromatic carbocycles. The number of carbonyl (C=O) groups is 4. The third-order valence-corrected chi connectivity index (χ3v) is 9.42. The summed E-state index contributed by atoms with van der Waals surface area (Å²) in [5.41, 5.74) is 3.12. The van der Waals surface area contributed by atoms with Gasteiger partial charge >= 0.3 is 6.16 Å². The number of nitrogens with two attached hydrogens (primary N) is 1. The molecule has 0 amide bonds. The molecule has 14 nitrogen and oxygen atoms in total. The van der Waals surface area contributed by atoms with Crippen molar-refractivity contribution in [1.82, 2.24) is 0 Å². The topological polar surface area (TPSA) is 221 Å². The molecular formula is C37H37NO13. The average molecular weight is 704 g/mol. The van der Waals surface area contributed by atoms with E-state index in [1.54, 1.807) is 31.2 Å². The predicted octanol–water partition coefficient (Wildman–Crippen LogP) is 3.27. The lowest BCUT2D eigenvalue weighted by Gasteiger charge is -2.42. The van der Waals surface area contributed by atoms with E-state index in [-0.39, 0.29) is 41.0 Å². The molecule has 1 heterocycles. The SMILES string of the molecule is COc1cccc2c1C(=O)c1c(O)c3c(c(O)c1C2=O)C[C@@](O)(C(=O)C/C=C/OC(=O)OCc1ccccc1)C[C@@H]3O[C@H]1C[C@H](N)[C@H](O)[C@H](C)O1. The summed E-state index contributed by atoms with van der Waals surface area (Å²) in [5, 5.41) is 45.5. The van der Waals surface area contributed by atoms with Crippen molar-refractivity contribution in [2.24, 2.45) is 5.73 Å². The van der Waals surface area contributed by atoms with Crippen molar-refractivity contribution >= 4 is 23.5 Å². The Kier molecular flexibility index (Phi) is 9.97. The molecule has 0 radical (unpaired) electrons. The molecule has 2 aliphatic carbocycles. The van der Waals surface area contributed by atoms with E-state index in [0.29, 0.717) is 0 Å². The van der Waals surface area contributed by atoms with E-state index in [9.17, 15) is 39.6 Å². The summed E-state index contributed by atoms with van der Waals surface area (Å²) in [6.45, 7) is 1.54. The minimum Gasteiger partial charge on any atom is -0.507 e. The van der Waals surface area contributed by atoms with Gasteiger partial charge in [0.1, 0.15) is 29.5 Å². The van der Waals surface area contributed by atoms with E-state index in [2.05, 4.69) is 0 Å². The molecule has 14 heteroatoms. The number of aliphatic hydroxyl groups excluding tert-OH is 1. The van der Waals surface area contributed by atoms with Gasteiger partial charge in [-0.1, -0.05) is 42.5 Å². The van der Waals surface area contributed by atoms with Gasteiger partial charge in [-0.15, -0.1) is 0 Å². The molecule has 0 unspecified atom stereocenters. The van der Waals surface area contributed by atoms with Crippen molar-refractivity contribution in [3.8, 4) is 17.2 Å². The number of hydrogen-bond donors (Lipinski definition) is 5. The van der Waals surface area contributed by atoms with Gasteiger partial charge in [-0.2, -0.15) is 0 Å². The van der Waals surface area contributed by atoms with Crippen LogP contribution in [0.1, 0.15) is 80.8 Å². The van der Waals surface area contributed by atoms with Crippen LogP contribution >= 0.6 is 0 Å². The number of Topliss-reactive ketones (excluding diaryl/α,β-unsaturated/α-hetero) is 1. The number of methoxy groups -OCH3 is 1. The van der Waals surface area contributed by atoms with Crippen LogP contribution in [-0.4, -0.2) is 81.2 Å². The fourth-order valence-electron chi connectivity index (χ4n) is 6.80. The Morgan fingerprint density at radius 3 is 2.45 bits per heavy atom. The van der Waals surface area contributed by atoms with Crippen LogP contribution in [0, 0.1) is 0 Å². The van der Waals surface area contributed by atoms with Gasteiger partial charge < -0.3 is 49.8 Å². The van der Waals surface area contributed by atoms with Crippen molar-refractivity contribution in [1.29, 1.82) is 0 Å². The van der Waals surface area contributed by atoms with Gasteiger partial charge in [0.15, 0.2) is 17.9 Å². The Morgan fingerprint density at radius 2 is 1.75 bits per heavy atom. The number of rotatable bonds is 9. The molecule has 0 spiro atoms. The van der Waals surface area contributed by atoms with Crippen molar-refractivity contribution in [2.75, 3.05) is 7.11 Å². The van der Waals surface area contributed by atoms with Gasteiger partial charge in [-0.25, -0.2) is 4.79 Å². The molecule has 6 atom stereocenters. The molecule has 1 aliphatic heterocycles. The van der Waals surface area contributed by atoms with E-state index in [4.69, 9.17) is 29.4 Å². The number of fused-ring (bicyclic) bond motifs is 3. The van der Waals surface area contributed by atoms with Crippen molar-refractivity contribution in [3.63, 3.8) is 0 Å². The van der Waals surface area contributed by atoms with Gasteiger partial charge in [0, 0.05) is 48.4 Å². The fourth-order valence-corrected chi connectivity index (χ4v) is 6.80. The number of allylic oxidation sites excluding steroid dienone is 1. The van der Waals surface area contributed by atoms with E-state index < -0.39 is 102 Å². The normalized spacial score (nSPS) is 25.5. The first-order chi connectivity index (χ1) is 24.3. The van der Waals surface area contributed by atoms with Crippen molar-refractivity contribution < 1.29 is 63.3 Å². The number of ether oxygens (including phenoxy) is 5. The van der Waals surface area contributed by atoms with Crippen LogP contribution in [0.3, 0.4) is 0 Å². The number of benzene rings is 3. The molecule has 0 saturated carbocycles. The maximum atomic E-state index is 13.9. The molecule has 1 saturated heterocycles. The van der Waals surface area contributed by atoms with E-state index >= 15 is 0 Å². The number of hydrogen-bond acceptors (Lipinski definition) is 14. The zero-order valence-corrected chi connectivity index (χ0v) is 27.7. The van der Waals surface area contributed by atoms with Crippen LogP contribution in [0.5, 0.6) is 17.2 Å². The highest BCUT2D eigenvalue weighted by atomic mass is 16.7. The maximum absolute atomic E-state index is 13.9. The molecular weight excluding hydrogens is 666 g/mol. The lowest BCUT2D eigenvalue weighted by Crippen LogP contribution is -2.52. The largest absolute Gasteiger partial charge is 0.513 e. The highest BCUT2D eigenvalue weighted by Crippen LogP contribution is 2.52. The summed E-state index contributed by atoms with van der Waals surface area (Å²) in [4.78, 5) is 53.3. The first kappa shape index (κ1) is 35.7. The second-order valence-electron chi connectivity index (χ2n) is 12.7. The summed E-state index contributed by atoms with van der Waals surface area (Å²) in [5.74, 6) is -3.66. The van der Waals surface area contributed by atoms with Crippen LogP contribution in [-0.2, 0) is 36.8 Å². The third kappa shape index (κ3) is 6.71. The molecule has 51 heavy (non-hydrogen) atoms. The minimum absolute atomic E-state index is 0.0101. The first-order valence-corrected chi connectivity index (χ1v) is 16.2. The summed E-state index contributed by atoms with van der Waals surface area (Å²) < 4.78 is 27.2. The molecule has 3 aliphatic rings. The van der Waals surface area contributed by atoms with Crippen LogP contribution in [0.2, 0.25) is 0 Å². The van der Waals surface area contributed by atoms with Gasteiger partial charge in [0.05, 0.1) is 48.4 Å². The van der Waals surface area contributed by atoms with Gasteiger partial charge in [0.25, 0.3) is 0 Å². The summed E-state index contributed by atoms with van der Waals surface area (Å²) in [7, 11) is 1.32. The van der Waals surface area contributed by atoms with Crippen molar-refractivity contribution in [2.45, 2.75) is 75.5 Å². The summed E-state index contributed by atoms with van der Waals surface area (Å²) in [6, 6.07) is 12.5. The number of ketones is 3. The quantitative estimate of drug-likeness (QED) is 0.0960. The minimum atomic E-state index is -2.25. The monoisotopic (exact) mass is 703 g/mol. The van der Waals surface area contributed by atoms with E-state index in [0.717, 1.165) is 11.8 Å². The molecule has 1 fully saturated rings.